The highest BCUT2D eigenvalue weighted by Crippen LogP contribution is 2.31. The lowest BCUT2D eigenvalue weighted by atomic mass is 10.1. The Labute approximate surface area is 198 Å². The van der Waals surface area contributed by atoms with Crippen molar-refractivity contribution in [2.75, 3.05) is 4.31 Å². The molecule has 0 aromatic heterocycles. The van der Waals surface area contributed by atoms with Gasteiger partial charge in [0.15, 0.2) is 0 Å². The van der Waals surface area contributed by atoms with Crippen molar-refractivity contribution < 1.29 is 22.7 Å². The molecule has 6 nitrogen and oxygen atoms in total. The van der Waals surface area contributed by atoms with Crippen LogP contribution in [-0.4, -0.2) is 20.3 Å². The van der Waals surface area contributed by atoms with Gasteiger partial charge in [-0.3, -0.25) is 4.79 Å². The molecule has 7 heteroatoms. The molecule has 0 aliphatic heterocycles. The number of hydrogen-bond acceptors (Lipinski definition) is 5. The van der Waals surface area contributed by atoms with Gasteiger partial charge in [0.2, 0.25) is 0 Å². The van der Waals surface area contributed by atoms with E-state index in [0.29, 0.717) is 11.1 Å². The highest BCUT2D eigenvalue weighted by atomic mass is 32.2. The van der Waals surface area contributed by atoms with Crippen molar-refractivity contribution in [1.29, 1.82) is 0 Å². The predicted molar refractivity (Wildman–Crippen MR) is 129 cm³/mol. The summed E-state index contributed by atoms with van der Waals surface area (Å²) in [4.78, 5) is 25.8. The van der Waals surface area contributed by atoms with E-state index in [1.54, 1.807) is 85.8 Å². The van der Waals surface area contributed by atoms with Crippen molar-refractivity contribution in [3.8, 4) is 5.75 Å². The smallest absolute Gasteiger partial charge is 0.343 e. The van der Waals surface area contributed by atoms with Crippen LogP contribution in [0.5, 0.6) is 5.75 Å². The van der Waals surface area contributed by atoms with Gasteiger partial charge in [0.25, 0.3) is 15.9 Å². The van der Waals surface area contributed by atoms with Gasteiger partial charge in [-0.15, -0.1) is 0 Å². The second-order valence-corrected chi connectivity index (χ2v) is 9.24. The van der Waals surface area contributed by atoms with Crippen LogP contribution in [0.2, 0.25) is 0 Å². The van der Waals surface area contributed by atoms with Gasteiger partial charge in [0.1, 0.15) is 5.75 Å². The van der Waals surface area contributed by atoms with Gasteiger partial charge in [0.05, 0.1) is 16.1 Å². The molecule has 34 heavy (non-hydrogen) atoms. The summed E-state index contributed by atoms with van der Waals surface area (Å²) in [6, 6.07) is 28.9. The molecular weight excluding hydrogens is 450 g/mol. The fraction of sp³-hybridized carbons (Fsp3) is 0.0370. The maximum Gasteiger partial charge on any atom is 0.343 e. The van der Waals surface area contributed by atoms with E-state index in [4.69, 9.17) is 4.74 Å². The molecule has 0 atom stereocenters. The topological polar surface area (TPSA) is 80.8 Å². The maximum atomic E-state index is 13.6. The molecule has 0 radical (unpaired) electrons. The van der Waals surface area contributed by atoms with Crippen molar-refractivity contribution in [1.82, 2.24) is 0 Å². The standard InChI is InChI=1S/C27H21NO5S/c1-20-19-23(33-27(30)22-13-7-3-8-14-22)17-18-25(20)28(26(29)21-11-5-2-6-12-21)34(31,32)24-15-9-4-10-16-24/h2-19H,1H3. The maximum absolute atomic E-state index is 13.6. The molecule has 0 saturated carbocycles. The Morgan fingerprint density at radius 2 is 1.24 bits per heavy atom. The molecule has 0 N–H and O–H groups in total. The fourth-order valence-electron chi connectivity index (χ4n) is 3.40. The molecule has 0 fully saturated rings. The number of rotatable bonds is 6. The Morgan fingerprint density at radius 1 is 0.706 bits per heavy atom. The van der Waals surface area contributed by atoms with Crippen LogP contribution in [0.1, 0.15) is 26.3 Å². The molecule has 0 heterocycles. The first-order valence-corrected chi connectivity index (χ1v) is 11.9. The summed E-state index contributed by atoms with van der Waals surface area (Å²) in [5.74, 6) is -0.997. The van der Waals surface area contributed by atoms with Crippen LogP contribution >= 0.6 is 0 Å². The molecule has 0 aliphatic carbocycles. The number of aryl methyl sites for hydroxylation is 1. The lowest BCUT2D eigenvalue weighted by molar-refractivity contribution is 0.0734. The van der Waals surface area contributed by atoms with E-state index in [2.05, 4.69) is 0 Å². The van der Waals surface area contributed by atoms with Crippen LogP contribution < -0.4 is 9.04 Å². The quantitative estimate of drug-likeness (QED) is 0.283. The van der Waals surface area contributed by atoms with Crippen LogP contribution in [-0.2, 0) is 10.0 Å². The fourth-order valence-corrected chi connectivity index (χ4v) is 4.90. The largest absolute Gasteiger partial charge is 0.423 e. The van der Waals surface area contributed by atoms with Gasteiger partial charge in [-0.05, 0) is 67.1 Å². The number of carbonyl (C=O) groups is 2. The van der Waals surface area contributed by atoms with Gasteiger partial charge >= 0.3 is 5.97 Å². The van der Waals surface area contributed by atoms with E-state index in [0.717, 1.165) is 4.31 Å². The second-order valence-electron chi connectivity index (χ2n) is 7.46. The number of hydrogen-bond donors (Lipinski definition) is 0. The van der Waals surface area contributed by atoms with Gasteiger partial charge in [-0.2, -0.15) is 4.31 Å². The molecule has 0 spiro atoms. The first-order valence-electron chi connectivity index (χ1n) is 10.5. The third kappa shape index (κ3) is 4.74. The summed E-state index contributed by atoms with van der Waals surface area (Å²) in [7, 11) is -4.23. The predicted octanol–water partition coefficient (Wildman–Crippen LogP) is 5.25. The third-order valence-corrected chi connectivity index (χ3v) is 6.80. The van der Waals surface area contributed by atoms with Crippen LogP contribution in [0.3, 0.4) is 0 Å². The van der Waals surface area contributed by atoms with Crippen molar-refractivity contribution in [2.24, 2.45) is 0 Å². The molecule has 4 rings (SSSR count). The highest BCUT2D eigenvalue weighted by molar-refractivity contribution is 7.93. The minimum absolute atomic E-state index is 0.0155. The molecule has 170 valence electrons. The Balaban J connectivity index is 1.74. The lowest BCUT2D eigenvalue weighted by Gasteiger charge is -2.24. The van der Waals surface area contributed by atoms with Crippen molar-refractivity contribution >= 4 is 27.6 Å². The van der Waals surface area contributed by atoms with E-state index >= 15 is 0 Å². The Hall–Kier alpha value is -4.23. The van der Waals surface area contributed by atoms with E-state index in [1.165, 1.54) is 30.3 Å². The number of carbonyl (C=O) groups excluding carboxylic acids is 2. The average molecular weight is 472 g/mol. The lowest BCUT2D eigenvalue weighted by Crippen LogP contribution is -2.37. The summed E-state index contributed by atoms with van der Waals surface area (Å²) in [5, 5.41) is 0. The molecule has 0 bridgehead atoms. The highest BCUT2D eigenvalue weighted by Gasteiger charge is 2.33. The van der Waals surface area contributed by atoms with Crippen LogP contribution in [0.4, 0.5) is 5.69 Å². The molecular formula is C27H21NO5S. The number of esters is 1. The third-order valence-electron chi connectivity index (χ3n) is 5.09. The van der Waals surface area contributed by atoms with Crippen LogP contribution in [0.25, 0.3) is 0 Å². The van der Waals surface area contributed by atoms with Crippen LogP contribution in [0.15, 0.2) is 114 Å². The Morgan fingerprint density at radius 3 is 1.79 bits per heavy atom. The monoisotopic (exact) mass is 471 g/mol. The Bertz CT molecular complexity index is 1420. The SMILES string of the molecule is Cc1cc(OC(=O)c2ccccc2)ccc1N(C(=O)c1ccccc1)S(=O)(=O)c1ccccc1. The summed E-state index contributed by atoms with van der Waals surface area (Å²) in [6.45, 7) is 1.65. The Kier molecular flexibility index (Phi) is 6.56. The second kappa shape index (κ2) is 9.72. The normalized spacial score (nSPS) is 11.0. The zero-order chi connectivity index (χ0) is 24.1. The molecule has 0 saturated heterocycles. The van der Waals surface area contributed by atoms with Gasteiger partial charge < -0.3 is 4.74 Å². The first-order chi connectivity index (χ1) is 16.4. The molecule has 0 aliphatic rings. The van der Waals surface area contributed by atoms with Crippen LogP contribution in [0, 0.1) is 6.92 Å². The van der Waals surface area contributed by atoms with E-state index < -0.39 is 21.9 Å². The van der Waals surface area contributed by atoms with E-state index in [-0.39, 0.29) is 21.9 Å². The zero-order valence-corrected chi connectivity index (χ0v) is 19.1. The minimum Gasteiger partial charge on any atom is -0.423 e. The summed E-state index contributed by atoms with van der Waals surface area (Å²) < 4.78 is 33.4. The van der Waals surface area contributed by atoms with E-state index in [9.17, 15) is 18.0 Å². The number of anilines is 1. The van der Waals surface area contributed by atoms with Crippen molar-refractivity contribution in [3.05, 3.63) is 126 Å². The number of nitrogens with zero attached hydrogens (tertiary/aromatic N) is 1. The van der Waals surface area contributed by atoms with Gasteiger partial charge in [-0.1, -0.05) is 54.6 Å². The van der Waals surface area contributed by atoms with Gasteiger partial charge in [0, 0.05) is 5.56 Å². The van der Waals surface area contributed by atoms with Crippen molar-refractivity contribution in [3.63, 3.8) is 0 Å². The summed E-state index contributed by atoms with van der Waals surface area (Å²) in [6.07, 6.45) is 0. The number of benzene rings is 4. The molecule has 4 aromatic rings. The molecule has 1 amide bonds. The number of amides is 1. The number of sulfonamides is 1. The zero-order valence-electron chi connectivity index (χ0n) is 18.3. The first kappa shape index (κ1) is 22.9. The molecule has 4 aromatic carbocycles. The molecule has 0 unspecified atom stereocenters. The van der Waals surface area contributed by atoms with Gasteiger partial charge in [-0.25, -0.2) is 13.2 Å². The summed E-state index contributed by atoms with van der Waals surface area (Å²) in [5.41, 5.74) is 1.22. The van der Waals surface area contributed by atoms with E-state index in [1.807, 2.05) is 0 Å². The minimum atomic E-state index is -4.23. The number of ether oxygens (including phenoxy) is 1. The average Bonchev–Trinajstić information content (AvgIpc) is 2.87. The summed E-state index contributed by atoms with van der Waals surface area (Å²) >= 11 is 0. The van der Waals surface area contributed by atoms with Crippen molar-refractivity contribution in [2.45, 2.75) is 11.8 Å².